The number of piperidine rings is 2. The van der Waals surface area contributed by atoms with Crippen molar-refractivity contribution in [2.45, 2.75) is 38.5 Å². The minimum Gasteiger partial charge on any atom is -0.344 e. The summed E-state index contributed by atoms with van der Waals surface area (Å²) in [5.41, 5.74) is 1.04. The number of hydrogen-bond acceptors (Lipinski definition) is 3. The molecule has 0 aliphatic carbocycles. The highest BCUT2D eigenvalue weighted by Crippen LogP contribution is 2.19. The number of carbonyl (C=O) groups is 2. The molecule has 0 saturated carbocycles. The van der Waals surface area contributed by atoms with Crippen LogP contribution in [0.25, 0.3) is 0 Å². The molecular weight excluding hydrogens is 357 g/mol. The van der Waals surface area contributed by atoms with Gasteiger partial charge in [0.25, 0.3) is 0 Å². The minimum absolute atomic E-state index is 0.0452. The van der Waals surface area contributed by atoms with Gasteiger partial charge in [-0.25, -0.2) is 4.39 Å². The second-order valence-corrected chi connectivity index (χ2v) is 8.21. The monoisotopic (exact) mass is 389 g/mol. The van der Waals surface area contributed by atoms with Crippen molar-refractivity contribution >= 4 is 11.8 Å². The Balaban J connectivity index is 1.36. The third kappa shape index (κ3) is 6.03. The minimum atomic E-state index is -0.171. The first-order valence-electron chi connectivity index (χ1n) is 10.5. The topological polar surface area (TPSA) is 43.9 Å². The number of carbonyl (C=O) groups excluding carboxylic acids is 2. The third-order valence-electron chi connectivity index (χ3n) is 6.02. The van der Waals surface area contributed by atoms with Crippen molar-refractivity contribution in [2.24, 2.45) is 5.92 Å². The molecule has 2 saturated heterocycles. The SMILES string of the molecule is CN(CC1CCN(CCc2cccc(F)c2)CC1)C(=O)CN1CCCCC1=O. The van der Waals surface area contributed by atoms with Crippen LogP contribution in [0.15, 0.2) is 24.3 Å². The van der Waals surface area contributed by atoms with E-state index in [2.05, 4.69) is 4.90 Å². The van der Waals surface area contributed by atoms with Crippen molar-refractivity contribution in [3.63, 3.8) is 0 Å². The summed E-state index contributed by atoms with van der Waals surface area (Å²) in [6, 6.07) is 6.83. The van der Waals surface area contributed by atoms with E-state index in [1.165, 1.54) is 6.07 Å². The van der Waals surface area contributed by atoms with Crippen LogP contribution in [0.1, 0.15) is 37.7 Å². The van der Waals surface area contributed by atoms with Crippen molar-refractivity contribution in [3.05, 3.63) is 35.6 Å². The van der Waals surface area contributed by atoms with E-state index in [1.807, 2.05) is 13.1 Å². The highest BCUT2D eigenvalue weighted by atomic mass is 19.1. The smallest absolute Gasteiger partial charge is 0.241 e. The Morgan fingerprint density at radius 1 is 1.21 bits per heavy atom. The molecule has 154 valence electrons. The average Bonchev–Trinajstić information content (AvgIpc) is 2.69. The molecule has 2 fully saturated rings. The standard InChI is InChI=1S/C22H32FN3O2/c1-24(22(28)17-26-11-3-2-7-21(26)27)16-19-9-13-25(14-10-19)12-8-18-5-4-6-20(23)15-18/h4-6,15,19H,2-3,7-14,16-17H2,1H3. The molecule has 6 heteroatoms. The number of hydrogen-bond donors (Lipinski definition) is 0. The summed E-state index contributed by atoms with van der Waals surface area (Å²) in [7, 11) is 1.85. The van der Waals surface area contributed by atoms with E-state index < -0.39 is 0 Å². The normalized spacial score (nSPS) is 19.1. The van der Waals surface area contributed by atoms with Gasteiger partial charge in [0.2, 0.25) is 11.8 Å². The average molecular weight is 390 g/mol. The van der Waals surface area contributed by atoms with Crippen molar-refractivity contribution < 1.29 is 14.0 Å². The zero-order valence-corrected chi connectivity index (χ0v) is 16.9. The van der Waals surface area contributed by atoms with Gasteiger partial charge in [0, 0.05) is 33.1 Å². The number of amides is 2. The van der Waals surface area contributed by atoms with E-state index in [-0.39, 0.29) is 24.2 Å². The molecule has 0 radical (unpaired) electrons. The van der Waals surface area contributed by atoms with Crippen LogP contribution in [-0.4, -0.2) is 72.8 Å². The maximum Gasteiger partial charge on any atom is 0.241 e. The molecule has 0 spiro atoms. The zero-order chi connectivity index (χ0) is 19.9. The molecule has 2 heterocycles. The Bertz CT molecular complexity index is 674. The molecule has 2 amide bonds. The summed E-state index contributed by atoms with van der Waals surface area (Å²) in [4.78, 5) is 30.3. The van der Waals surface area contributed by atoms with E-state index in [0.29, 0.717) is 18.9 Å². The van der Waals surface area contributed by atoms with Crippen LogP contribution < -0.4 is 0 Å². The lowest BCUT2D eigenvalue weighted by molar-refractivity contribution is -0.141. The molecule has 0 bridgehead atoms. The Hall–Kier alpha value is -1.95. The van der Waals surface area contributed by atoms with Gasteiger partial charge in [-0.3, -0.25) is 9.59 Å². The first kappa shape index (κ1) is 20.8. The molecule has 3 rings (SSSR count). The number of nitrogens with zero attached hydrogens (tertiary/aromatic N) is 3. The molecular formula is C22H32FN3O2. The van der Waals surface area contributed by atoms with Crippen molar-refractivity contribution in [2.75, 3.05) is 46.3 Å². The lowest BCUT2D eigenvalue weighted by Gasteiger charge is -2.34. The highest BCUT2D eigenvalue weighted by Gasteiger charge is 2.25. The second-order valence-electron chi connectivity index (χ2n) is 8.21. The molecule has 0 atom stereocenters. The maximum absolute atomic E-state index is 13.3. The van der Waals surface area contributed by atoms with Gasteiger partial charge in [-0.05, 0) is 68.8 Å². The summed E-state index contributed by atoms with van der Waals surface area (Å²) in [5.74, 6) is 0.495. The van der Waals surface area contributed by atoms with Gasteiger partial charge in [0.05, 0.1) is 6.54 Å². The molecule has 1 aromatic carbocycles. The first-order chi connectivity index (χ1) is 13.5. The van der Waals surface area contributed by atoms with Gasteiger partial charge in [-0.2, -0.15) is 0 Å². The highest BCUT2D eigenvalue weighted by molar-refractivity contribution is 5.85. The van der Waals surface area contributed by atoms with E-state index in [1.54, 1.807) is 21.9 Å². The summed E-state index contributed by atoms with van der Waals surface area (Å²) in [6.45, 7) is 4.68. The van der Waals surface area contributed by atoms with Crippen molar-refractivity contribution in [1.82, 2.24) is 14.7 Å². The first-order valence-corrected chi connectivity index (χ1v) is 10.5. The van der Waals surface area contributed by atoms with Crippen LogP contribution in [0.4, 0.5) is 4.39 Å². The Kier molecular flexibility index (Phi) is 7.43. The van der Waals surface area contributed by atoms with Gasteiger partial charge in [0.15, 0.2) is 0 Å². The number of benzene rings is 1. The predicted molar refractivity (Wildman–Crippen MR) is 107 cm³/mol. The number of halogens is 1. The van der Waals surface area contributed by atoms with E-state index in [4.69, 9.17) is 0 Å². The lowest BCUT2D eigenvalue weighted by Crippen LogP contribution is -2.45. The molecule has 0 aromatic heterocycles. The van der Waals surface area contributed by atoms with Crippen LogP contribution in [0.5, 0.6) is 0 Å². The van der Waals surface area contributed by atoms with Crippen molar-refractivity contribution in [1.29, 1.82) is 0 Å². The maximum atomic E-state index is 13.3. The Morgan fingerprint density at radius 2 is 2.00 bits per heavy atom. The van der Waals surface area contributed by atoms with Crippen molar-refractivity contribution in [3.8, 4) is 0 Å². The molecule has 2 aliphatic rings. The van der Waals surface area contributed by atoms with E-state index in [0.717, 1.165) is 63.8 Å². The Labute approximate surface area is 167 Å². The van der Waals surface area contributed by atoms with Gasteiger partial charge in [0.1, 0.15) is 5.82 Å². The van der Waals surface area contributed by atoms with Crippen LogP contribution >= 0.6 is 0 Å². The van der Waals surface area contributed by atoms with Crippen LogP contribution in [-0.2, 0) is 16.0 Å². The van der Waals surface area contributed by atoms with Gasteiger partial charge < -0.3 is 14.7 Å². The Morgan fingerprint density at radius 3 is 2.71 bits per heavy atom. The third-order valence-corrected chi connectivity index (χ3v) is 6.02. The number of likely N-dealkylation sites (tertiary alicyclic amines) is 2. The largest absolute Gasteiger partial charge is 0.344 e. The second kappa shape index (κ2) is 10.0. The van der Waals surface area contributed by atoms with Crippen LogP contribution in [0.3, 0.4) is 0 Å². The molecule has 1 aromatic rings. The predicted octanol–water partition coefficient (Wildman–Crippen LogP) is 2.55. The summed E-state index contributed by atoms with van der Waals surface area (Å²) in [5, 5.41) is 0. The quantitative estimate of drug-likeness (QED) is 0.720. The molecule has 2 aliphatic heterocycles. The van der Waals surface area contributed by atoms with Crippen LogP contribution in [0.2, 0.25) is 0 Å². The molecule has 28 heavy (non-hydrogen) atoms. The summed E-state index contributed by atoms with van der Waals surface area (Å²) < 4.78 is 13.3. The lowest BCUT2D eigenvalue weighted by atomic mass is 9.96. The fourth-order valence-electron chi connectivity index (χ4n) is 4.17. The molecule has 5 nitrogen and oxygen atoms in total. The zero-order valence-electron chi connectivity index (χ0n) is 16.9. The number of likely N-dealkylation sites (N-methyl/N-ethyl adjacent to an activating group) is 1. The number of rotatable bonds is 7. The van der Waals surface area contributed by atoms with Crippen LogP contribution in [0, 0.1) is 11.7 Å². The van der Waals surface area contributed by atoms with Gasteiger partial charge in [-0.15, -0.1) is 0 Å². The summed E-state index contributed by atoms with van der Waals surface area (Å²) in [6.07, 6.45) is 5.52. The van der Waals surface area contributed by atoms with Gasteiger partial charge in [-0.1, -0.05) is 12.1 Å². The summed E-state index contributed by atoms with van der Waals surface area (Å²) >= 11 is 0. The fourth-order valence-corrected chi connectivity index (χ4v) is 4.17. The fraction of sp³-hybridized carbons (Fsp3) is 0.636. The van der Waals surface area contributed by atoms with E-state index in [9.17, 15) is 14.0 Å². The van der Waals surface area contributed by atoms with Gasteiger partial charge >= 0.3 is 0 Å². The molecule has 0 unspecified atom stereocenters. The molecule has 0 N–H and O–H groups in total. The van der Waals surface area contributed by atoms with E-state index >= 15 is 0 Å².